The van der Waals surface area contributed by atoms with Crippen LogP contribution in [0.2, 0.25) is 0 Å². The first-order valence-corrected chi connectivity index (χ1v) is 8.35. The molecule has 2 rings (SSSR count). The highest BCUT2D eigenvalue weighted by molar-refractivity contribution is 9.10. The van der Waals surface area contributed by atoms with E-state index in [-0.39, 0.29) is 6.42 Å². The van der Waals surface area contributed by atoms with Gasteiger partial charge in [0.05, 0.1) is 23.7 Å². The second-order valence-electron chi connectivity index (χ2n) is 3.93. The fraction of sp³-hybridized carbons (Fsp3) is 0.231. The maximum Gasteiger partial charge on any atom is 0.309 e. The number of carboxylic acids is 1. The number of aliphatic carboxylic acids is 1. The van der Waals surface area contributed by atoms with Crippen molar-refractivity contribution in [3.05, 3.63) is 39.3 Å². The maximum absolute atomic E-state index is 10.6. The van der Waals surface area contributed by atoms with E-state index in [1.54, 1.807) is 24.3 Å². The van der Waals surface area contributed by atoms with E-state index >= 15 is 0 Å². The summed E-state index contributed by atoms with van der Waals surface area (Å²) in [7, 11) is 1.63. The number of thioether (sulfide) groups is 1. The summed E-state index contributed by atoms with van der Waals surface area (Å²) in [4.78, 5) is 14.9. The third kappa shape index (κ3) is 4.22. The van der Waals surface area contributed by atoms with E-state index in [9.17, 15) is 4.79 Å². The van der Waals surface area contributed by atoms with Gasteiger partial charge in [0, 0.05) is 11.1 Å². The lowest BCUT2D eigenvalue weighted by atomic mass is 10.2. The highest BCUT2D eigenvalue weighted by Crippen LogP contribution is 2.30. The highest BCUT2D eigenvalue weighted by Gasteiger charge is 2.07. The minimum Gasteiger partial charge on any atom is -0.496 e. The van der Waals surface area contributed by atoms with Gasteiger partial charge in [-0.05, 0) is 33.6 Å². The van der Waals surface area contributed by atoms with Crippen LogP contribution in [0.15, 0.2) is 32.4 Å². The summed E-state index contributed by atoms with van der Waals surface area (Å²) in [5.74, 6) is 0.727. The molecule has 0 unspecified atom stereocenters. The molecule has 1 heterocycles. The van der Waals surface area contributed by atoms with Crippen molar-refractivity contribution in [2.45, 2.75) is 16.5 Å². The lowest BCUT2D eigenvalue weighted by molar-refractivity contribution is -0.136. The summed E-state index contributed by atoms with van der Waals surface area (Å²) in [5, 5.41) is 10.5. The van der Waals surface area contributed by atoms with Gasteiger partial charge in [-0.15, -0.1) is 11.3 Å². The number of hydrogen-bond donors (Lipinski definition) is 1. The molecule has 0 aliphatic heterocycles. The fourth-order valence-electron chi connectivity index (χ4n) is 1.54. The minimum absolute atomic E-state index is 0.0227. The number of ether oxygens (including phenoxy) is 1. The molecule has 0 amide bonds. The Morgan fingerprint density at radius 1 is 1.55 bits per heavy atom. The van der Waals surface area contributed by atoms with Crippen molar-refractivity contribution in [1.82, 2.24) is 4.98 Å². The molecule has 0 saturated carbocycles. The standard InChI is InChI=1S/C13H12BrNO3S2/c1-18-11-3-2-8(4-10(11)14)6-19-13-15-9(7-20-13)5-12(16)17/h2-4,7H,5-6H2,1H3,(H,16,17). The smallest absolute Gasteiger partial charge is 0.309 e. The van der Waals surface area contributed by atoms with Crippen molar-refractivity contribution in [1.29, 1.82) is 0 Å². The number of nitrogens with zero attached hydrogens (tertiary/aromatic N) is 1. The van der Waals surface area contributed by atoms with Crippen molar-refractivity contribution in [2.75, 3.05) is 7.11 Å². The highest BCUT2D eigenvalue weighted by atomic mass is 79.9. The maximum atomic E-state index is 10.6. The van der Waals surface area contributed by atoms with Crippen LogP contribution in [0.1, 0.15) is 11.3 Å². The second kappa shape index (κ2) is 7.10. The van der Waals surface area contributed by atoms with Crippen LogP contribution < -0.4 is 4.74 Å². The van der Waals surface area contributed by atoms with Crippen molar-refractivity contribution in [3.63, 3.8) is 0 Å². The lowest BCUT2D eigenvalue weighted by Gasteiger charge is -2.05. The molecule has 2 aromatic rings. The van der Waals surface area contributed by atoms with Crippen molar-refractivity contribution in [3.8, 4) is 5.75 Å². The second-order valence-corrected chi connectivity index (χ2v) is 6.87. The van der Waals surface area contributed by atoms with Crippen molar-refractivity contribution in [2.24, 2.45) is 0 Å². The van der Waals surface area contributed by atoms with Gasteiger partial charge in [0.25, 0.3) is 0 Å². The van der Waals surface area contributed by atoms with Gasteiger partial charge in [-0.3, -0.25) is 4.79 Å². The molecule has 0 fully saturated rings. The average molecular weight is 374 g/mol. The predicted octanol–water partition coefficient (Wildman–Crippen LogP) is 3.83. The Bertz CT molecular complexity index is 615. The summed E-state index contributed by atoms with van der Waals surface area (Å²) >= 11 is 6.52. The van der Waals surface area contributed by atoms with Gasteiger partial charge < -0.3 is 9.84 Å². The van der Waals surface area contributed by atoms with E-state index in [0.29, 0.717) is 5.69 Å². The molecule has 1 aromatic carbocycles. The van der Waals surface area contributed by atoms with Crippen LogP contribution >= 0.6 is 39.0 Å². The first kappa shape index (κ1) is 15.3. The van der Waals surface area contributed by atoms with Crippen molar-refractivity contribution < 1.29 is 14.6 Å². The molecule has 0 aliphatic carbocycles. The molecule has 0 atom stereocenters. The molecule has 4 nitrogen and oxygen atoms in total. The van der Waals surface area contributed by atoms with Gasteiger partial charge >= 0.3 is 5.97 Å². The van der Waals surface area contributed by atoms with Crippen LogP contribution in [0, 0.1) is 0 Å². The summed E-state index contributed by atoms with van der Waals surface area (Å²) < 4.78 is 6.99. The first-order valence-electron chi connectivity index (χ1n) is 5.70. The molecule has 0 radical (unpaired) electrons. The molecule has 20 heavy (non-hydrogen) atoms. The zero-order valence-corrected chi connectivity index (χ0v) is 13.8. The van der Waals surface area contributed by atoms with Crippen LogP contribution in [0.5, 0.6) is 5.75 Å². The minimum atomic E-state index is -0.856. The molecule has 1 N–H and O–H groups in total. The van der Waals surface area contributed by atoms with Crippen LogP contribution in [0.4, 0.5) is 0 Å². The average Bonchev–Trinajstić information content (AvgIpc) is 2.83. The predicted molar refractivity (Wildman–Crippen MR) is 83.7 cm³/mol. The molecule has 106 valence electrons. The summed E-state index contributed by atoms with van der Waals surface area (Å²) in [6, 6.07) is 5.93. The largest absolute Gasteiger partial charge is 0.496 e. The van der Waals surface area contributed by atoms with Crippen LogP contribution in [-0.4, -0.2) is 23.2 Å². The number of halogens is 1. The Morgan fingerprint density at radius 3 is 3.00 bits per heavy atom. The SMILES string of the molecule is COc1ccc(CSc2nc(CC(=O)O)cs2)cc1Br. The molecular formula is C13H12BrNO3S2. The molecular weight excluding hydrogens is 362 g/mol. The molecule has 0 aliphatic rings. The van der Waals surface area contributed by atoms with Gasteiger partial charge in [0.15, 0.2) is 0 Å². The summed E-state index contributed by atoms with van der Waals surface area (Å²) in [6.45, 7) is 0. The Hall–Kier alpha value is -1.05. The summed E-state index contributed by atoms with van der Waals surface area (Å²) in [6.07, 6.45) is -0.0227. The number of rotatable bonds is 6. The number of carbonyl (C=O) groups is 1. The number of benzene rings is 1. The quantitative estimate of drug-likeness (QED) is 0.779. The number of carboxylic acid groups (broad SMARTS) is 1. The zero-order valence-electron chi connectivity index (χ0n) is 10.6. The van der Waals surface area contributed by atoms with Gasteiger partial charge in [-0.2, -0.15) is 0 Å². The third-order valence-electron chi connectivity index (χ3n) is 2.44. The van der Waals surface area contributed by atoms with E-state index in [1.807, 2.05) is 18.2 Å². The first-order chi connectivity index (χ1) is 9.58. The molecule has 1 aromatic heterocycles. The van der Waals surface area contributed by atoms with Gasteiger partial charge in [0.1, 0.15) is 10.1 Å². The Labute approximate surface area is 133 Å². The number of hydrogen-bond acceptors (Lipinski definition) is 5. The van der Waals surface area contributed by atoms with Crippen LogP contribution in [0.25, 0.3) is 0 Å². The topological polar surface area (TPSA) is 59.4 Å². The van der Waals surface area contributed by atoms with Gasteiger partial charge in [-0.25, -0.2) is 4.98 Å². The van der Waals surface area contributed by atoms with E-state index in [0.717, 1.165) is 25.9 Å². The zero-order chi connectivity index (χ0) is 14.5. The Kier molecular flexibility index (Phi) is 5.45. The van der Waals surface area contributed by atoms with Crippen LogP contribution in [-0.2, 0) is 17.0 Å². The van der Waals surface area contributed by atoms with E-state index in [4.69, 9.17) is 9.84 Å². The Morgan fingerprint density at radius 2 is 2.35 bits per heavy atom. The fourth-order valence-corrected chi connectivity index (χ4v) is 3.91. The van der Waals surface area contributed by atoms with E-state index in [1.165, 1.54) is 11.3 Å². The van der Waals surface area contributed by atoms with Crippen molar-refractivity contribution >= 4 is 45.0 Å². The molecule has 7 heteroatoms. The normalized spacial score (nSPS) is 10.5. The molecule has 0 saturated heterocycles. The monoisotopic (exact) mass is 373 g/mol. The van der Waals surface area contributed by atoms with Gasteiger partial charge in [0.2, 0.25) is 0 Å². The summed E-state index contributed by atoms with van der Waals surface area (Å²) in [5.41, 5.74) is 1.76. The van der Waals surface area contributed by atoms with E-state index < -0.39 is 5.97 Å². The van der Waals surface area contributed by atoms with E-state index in [2.05, 4.69) is 20.9 Å². The third-order valence-corrected chi connectivity index (χ3v) is 5.20. The van der Waals surface area contributed by atoms with Crippen LogP contribution in [0.3, 0.4) is 0 Å². The van der Waals surface area contributed by atoms with Gasteiger partial charge in [-0.1, -0.05) is 17.8 Å². The number of thiazole rings is 1. The lowest BCUT2D eigenvalue weighted by Crippen LogP contribution is -1.99. The number of methoxy groups -OCH3 is 1. The molecule has 0 spiro atoms. The molecule has 0 bridgehead atoms. The number of aromatic nitrogens is 1. The Balaban J connectivity index is 1.96.